The number of fused-ring (bicyclic) bond motifs is 1. The van der Waals surface area contributed by atoms with Crippen LogP contribution in [0, 0.1) is 0 Å². The van der Waals surface area contributed by atoms with Crippen molar-refractivity contribution in [1.29, 1.82) is 0 Å². The third kappa shape index (κ3) is 2.81. The number of halogens is 1. The predicted octanol–water partition coefficient (Wildman–Crippen LogP) is 2.42. The highest BCUT2D eigenvalue weighted by Crippen LogP contribution is 2.40. The molecule has 4 nitrogen and oxygen atoms in total. The fraction of sp³-hybridized carbons (Fsp3) is 0.571. The second-order valence-electron chi connectivity index (χ2n) is 5.62. The molecule has 3 rings (SSSR count). The molecule has 2 aliphatic heterocycles. The van der Waals surface area contributed by atoms with Crippen LogP contribution in [0.25, 0.3) is 0 Å². The normalized spacial score (nSPS) is 26.7. The Labute approximate surface area is 117 Å². The van der Waals surface area contributed by atoms with Crippen LogP contribution >= 0.6 is 11.6 Å². The molecule has 0 saturated carbocycles. The molecule has 104 valence electrons. The molecule has 1 aromatic carbocycles. The van der Waals surface area contributed by atoms with Crippen LogP contribution < -0.4 is 9.47 Å². The van der Waals surface area contributed by atoms with Gasteiger partial charge in [0.05, 0.1) is 10.6 Å². The molecule has 0 spiro atoms. The monoisotopic (exact) mass is 283 g/mol. The van der Waals surface area contributed by atoms with Gasteiger partial charge in [-0.05, 0) is 44.0 Å². The number of rotatable bonds is 2. The Hall–Kier alpha value is -0.970. The molecule has 1 aromatic rings. The minimum atomic E-state index is -0.585. The summed E-state index contributed by atoms with van der Waals surface area (Å²) in [5.41, 5.74) is 0.505. The summed E-state index contributed by atoms with van der Waals surface area (Å²) in [5, 5.41) is 10.7. The van der Waals surface area contributed by atoms with E-state index in [2.05, 4.69) is 4.90 Å². The van der Waals surface area contributed by atoms with Gasteiger partial charge in [0.2, 0.25) is 6.79 Å². The summed E-state index contributed by atoms with van der Waals surface area (Å²) in [4.78, 5) is 2.25. The molecule has 1 saturated heterocycles. The van der Waals surface area contributed by atoms with Crippen molar-refractivity contribution in [3.8, 4) is 11.5 Å². The highest BCUT2D eigenvalue weighted by atomic mass is 35.5. The number of benzene rings is 1. The Morgan fingerprint density at radius 2 is 2.26 bits per heavy atom. The maximum Gasteiger partial charge on any atom is 0.231 e. The van der Waals surface area contributed by atoms with Crippen LogP contribution in [0.1, 0.15) is 25.3 Å². The smallest absolute Gasteiger partial charge is 0.231 e. The van der Waals surface area contributed by atoms with Crippen molar-refractivity contribution in [1.82, 2.24) is 4.90 Å². The van der Waals surface area contributed by atoms with Gasteiger partial charge in [-0.1, -0.05) is 11.6 Å². The molecular weight excluding hydrogens is 266 g/mol. The van der Waals surface area contributed by atoms with E-state index < -0.39 is 5.60 Å². The number of hydrogen-bond donors (Lipinski definition) is 1. The summed E-state index contributed by atoms with van der Waals surface area (Å²) < 4.78 is 10.7. The number of ether oxygens (including phenoxy) is 2. The van der Waals surface area contributed by atoms with E-state index in [1.165, 1.54) is 0 Å². The molecule has 0 aromatic heterocycles. The van der Waals surface area contributed by atoms with Crippen molar-refractivity contribution in [3.05, 3.63) is 22.7 Å². The van der Waals surface area contributed by atoms with Crippen molar-refractivity contribution in [3.63, 3.8) is 0 Å². The number of aliphatic hydroxyl groups is 1. The molecule has 0 amide bonds. The highest BCUT2D eigenvalue weighted by Gasteiger charge is 2.28. The number of piperidine rings is 1. The van der Waals surface area contributed by atoms with Crippen molar-refractivity contribution in [2.24, 2.45) is 0 Å². The first kappa shape index (κ1) is 13.0. The molecule has 0 bridgehead atoms. The largest absolute Gasteiger partial charge is 0.454 e. The van der Waals surface area contributed by atoms with Crippen molar-refractivity contribution in [2.75, 3.05) is 19.9 Å². The van der Waals surface area contributed by atoms with Gasteiger partial charge in [-0.15, -0.1) is 0 Å². The predicted molar refractivity (Wildman–Crippen MR) is 72.7 cm³/mol. The zero-order valence-corrected chi connectivity index (χ0v) is 11.7. The van der Waals surface area contributed by atoms with Gasteiger partial charge in [0.1, 0.15) is 0 Å². The summed E-state index contributed by atoms with van der Waals surface area (Å²) in [6, 6.07) is 3.88. The molecular formula is C14H18ClNO3. The van der Waals surface area contributed by atoms with Crippen LogP contribution in [0.5, 0.6) is 11.5 Å². The summed E-state index contributed by atoms with van der Waals surface area (Å²) in [6.45, 7) is 4.59. The average Bonchev–Trinajstić information content (AvgIpc) is 2.76. The highest BCUT2D eigenvalue weighted by molar-refractivity contribution is 6.32. The van der Waals surface area contributed by atoms with E-state index in [0.717, 1.165) is 31.5 Å². The first-order valence-corrected chi connectivity index (χ1v) is 6.94. The summed E-state index contributed by atoms with van der Waals surface area (Å²) >= 11 is 6.18. The Balaban J connectivity index is 1.75. The van der Waals surface area contributed by atoms with Crippen LogP contribution in [-0.2, 0) is 6.54 Å². The lowest BCUT2D eigenvalue weighted by Gasteiger charge is -2.36. The fourth-order valence-corrected chi connectivity index (χ4v) is 3.12. The molecule has 1 fully saturated rings. The van der Waals surface area contributed by atoms with Crippen LogP contribution in [0.2, 0.25) is 5.02 Å². The number of likely N-dealkylation sites (tertiary alicyclic amines) is 1. The second kappa shape index (κ2) is 4.85. The topological polar surface area (TPSA) is 41.9 Å². The quantitative estimate of drug-likeness (QED) is 0.905. The SMILES string of the molecule is CC1(O)CCCN(Cc2cc(Cl)c3c(c2)OCO3)C1. The lowest BCUT2D eigenvalue weighted by atomic mass is 9.95. The van der Waals surface area contributed by atoms with Gasteiger partial charge in [-0.3, -0.25) is 4.90 Å². The van der Waals surface area contributed by atoms with E-state index in [9.17, 15) is 5.11 Å². The zero-order chi connectivity index (χ0) is 13.5. The van der Waals surface area contributed by atoms with Gasteiger partial charge in [0.25, 0.3) is 0 Å². The third-order valence-electron chi connectivity index (χ3n) is 3.65. The van der Waals surface area contributed by atoms with Crippen molar-refractivity contribution < 1.29 is 14.6 Å². The molecule has 2 aliphatic rings. The maximum atomic E-state index is 10.1. The molecule has 0 radical (unpaired) electrons. The summed E-state index contributed by atoms with van der Waals surface area (Å²) in [7, 11) is 0. The molecule has 2 heterocycles. The van der Waals surface area contributed by atoms with Crippen LogP contribution in [0.4, 0.5) is 0 Å². The molecule has 5 heteroatoms. The molecule has 19 heavy (non-hydrogen) atoms. The van der Waals surface area contributed by atoms with E-state index >= 15 is 0 Å². The van der Waals surface area contributed by atoms with Gasteiger partial charge in [-0.25, -0.2) is 0 Å². The lowest BCUT2D eigenvalue weighted by molar-refractivity contribution is -0.0181. The standard InChI is InChI=1S/C14H18ClNO3/c1-14(17)3-2-4-16(8-14)7-10-5-11(15)13-12(6-10)18-9-19-13/h5-6,17H,2-4,7-9H2,1H3. The van der Waals surface area contributed by atoms with E-state index in [4.69, 9.17) is 21.1 Å². The molecule has 1 unspecified atom stereocenters. The van der Waals surface area contributed by atoms with Crippen LogP contribution in [0.15, 0.2) is 12.1 Å². The fourth-order valence-electron chi connectivity index (χ4n) is 2.83. The third-order valence-corrected chi connectivity index (χ3v) is 3.93. The van der Waals surface area contributed by atoms with E-state index in [-0.39, 0.29) is 6.79 Å². The Morgan fingerprint density at radius 3 is 3.05 bits per heavy atom. The first-order chi connectivity index (χ1) is 9.03. The maximum absolute atomic E-state index is 10.1. The summed E-state index contributed by atoms with van der Waals surface area (Å²) in [6.07, 6.45) is 1.89. The van der Waals surface area contributed by atoms with Crippen molar-refractivity contribution >= 4 is 11.6 Å². The minimum absolute atomic E-state index is 0.233. The molecule has 1 atom stereocenters. The number of β-amino-alcohol motifs (C(OH)–C–C–N with tert-alkyl or cyclic N) is 1. The summed E-state index contributed by atoms with van der Waals surface area (Å²) in [5.74, 6) is 1.35. The van der Waals surface area contributed by atoms with E-state index in [1.54, 1.807) is 0 Å². The molecule has 1 N–H and O–H groups in total. The Bertz CT molecular complexity index is 490. The van der Waals surface area contributed by atoms with Crippen molar-refractivity contribution in [2.45, 2.75) is 31.9 Å². The van der Waals surface area contributed by atoms with Gasteiger partial charge in [0.15, 0.2) is 11.5 Å². The van der Waals surface area contributed by atoms with E-state index in [1.807, 2.05) is 19.1 Å². The van der Waals surface area contributed by atoms with Gasteiger partial charge in [0, 0.05) is 13.1 Å². The Morgan fingerprint density at radius 1 is 1.42 bits per heavy atom. The second-order valence-corrected chi connectivity index (χ2v) is 6.03. The van der Waals surface area contributed by atoms with Gasteiger partial charge in [-0.2, -0.15) is 0 Å². The zero-order valence-electron chi connectivity index (χ0n) is 11.0. The van der Waals surface area contributed by atoms with Crippen LogP contribution in [-0.4, -0.2) is 35.5 Å². The number of hydrogen-bond acceptors (Lipinski definition) is 4. The first-order valence-electron chi connectivity index (χ1n) is 6.56. The van der Waals surface area contributed by atoms with Gasteiger partial charge >= 0.3 is 0 Å². The lowest BCUT2D eigenvalue weighted by Crippen LogP contribution is -2.45. The van der Waals surface area contributed by atoms with E-state index in [0.29, 0.717) is 23.1 Å². The minimum Gasteiger partial charge on any atom is -0.454 e. The Kier molecular flexibility index (Phi) is 3.33. The number of nitrogens with zero attached hydrogens (tertiary/aromatic N) is 1. The van der Waals surface area contributed by atoms with Crippen LogP contribution in [0.3, 0.4) is 0 Å². The average molecular weight is 284 g/mol. The molecule has 0 aliphatic carbocycles. The van der Waals surface area contributed by atoms with Gasteiger partial charge < -0.3 is 14.6 Å².